The zero-order valence-electron chi connectivity index (χ0n) is 17.1. The van der Waals surface area contributed by atoms with E-state index in [2.05, 4.69) is 5.10 Å². The Morgan fingerprint density at radius 1 is 1.19 bits per heavy atom. The molecule has 1 saturated heterocycles. The number of ether oxygens (including phenoxy) is 1. The Balaban J connectivity index is 1.72. The maximum absolute atomic E-state index is 12.9. The van der Waals surface area contributed by atoms with Crippen LogP contribution in [0.2, 0.25) is 5.15 Å². The average molecular weight is 494 g/mol. The molecular weight excluding hydrogens is 474 g/mol. The fourth-order valence-corrected chi connectivity index (χ4v) is 6.52. The van der Waals surface area contributed by atoms with Gasteiger partial charge in [0.15, 0.2) is 0 Å². The van der Waals surface area contributed by atoms with Crippen molar-refractivity contribution in [2.75, 3.05) is 26.3 Å². The van der Waals surface area contributed by atoms with Gasteiger partial charge in [0.05, 0.1) is 30.2 Å². The molecule has 1 aliphatic rings. The molecule has 0 aliphatic carbocycles. The number of rotatable bonds is 6. The van der Waals surface area contributed by atoms with Crippen LogP contribution in [0.15, 0.2) is 46.7 Å². The van der Waals surface area contributed by atoms with Crippen LogP contribution in [0.4, 0.5) is 0 Å². The number of para-hydroxylation sites is 1. The number of nitrogens with zero attached hydrogens (tertiary/aromatic N) is 3. The summed E-state index contributed by atoms with van der Waals surface area (Å²) in [5.74, 6) is -1.19. The lowest BCUT2D eigenvalue weighted by Crippen LogP contribution is -2.40. The van der Waals surface area contributed by atoms with E-state index in [1.54, 1.807) is 6.92 Å². The fourth-order valence-electron chi connectivity index (χ4n) is 3.32. The first-order chi connectivity index (χ1) is 15.3. The molecule has 8 nitrogen and oxygen atoms in total. The second-order valence-electron chi connectivity index (χ2n) is 7.04. The summed E-state index contributed by atoms with van der Waals surface area (Å²) in [7, 11) is -3.71. The van der Waals surface area contributed by atoms with E-state index in [1.165, 1.54) is 27.2 Å². The van der Waals surface area contributed by atoms with E-state index in [1.807, 2.05) is 30.3 Å². The number of hydrogen-bond acceptors (Lipinski definition) is 6. The normalized spacial score (nSPS) is 15.8. The summed E-state index contributed by atoms with van der Waals surface area (Å²) in [6.07, 6.45) is 1.43. The molecule has 0 radical (unpaired) electrons. The number of aryl methyl sites for hydroxylation is 1. The zero-order chi connectivity index (χ0) is 22.9. The summed E-state index contributed by atoms with van der Waals surface area (Å²) in [4.78, 5) is 12.4. The van der Waals surface area contributed by atoms with Gasteiger partial charge in [0.2, 0.25) is 0 Å². The molecule has 2 aromatic heterocycles. The number of carbonyl (C=O) groups is 1. The number of carboxylic acids is 1. The van der Waals surface area contributed by atoms with Gasteiger partial charge in [-0.2, -0.15) is 9.40 Å². The van der Waals surface area contributed by atoms with Crippen LogP contribution in [-0.2, 0) is 19.6 Å². The number of benzene rings is 1. The van der Waals surface area contributed by atoms with Crippen molar-refractivity contribution in [3.63, 3.8) is 0 Å². The molecule has 1 aromatic carbocycles. The van der Waals surface area contributed by atoms with Gasteiger partial charge in [-0.1, -0.05) is 29.8 Å². The lowest BCUT2D eigenvalue weighted by atomic mass is 10.1. The topological polar surface area (TPSA) is 102 Å². The third kappa shape index (κ3) is 4.37. The van der Waals surface area contributed by atoms with E-state index < -0.39 is 16.0 Å². The Bertz CT molecular complexity index is 1280. The molecule has 0 amide bonds. The molecule has 0 spiro atoms. The molecule has 3 aromatic rings. The van der Waals surface area contributed by atoms with Crippen molar-refractivity contribution in [1.29, 1.82) is 0 Å². The largest absolute Gasteiger partial charge is 0.478 e. The van der Waals surface area contributed by atoms with Crippen LogP contribution >= 0.6 is 22.9 Å². The minimum atomic E-state index is -3.71. The number of hydrogen-bond donors (Lipinski definition) is 1. The van der Waals surface area contributed by atoms with Gasteiger partial charge in [-0.05, 0) is 37.3 Å². The SMILES string of the molecule is Cc1nn(-c2ccccc2)c(Cl)c1/C=C(\C(=O)O)c1ccc(S(=O)(=O)N2CCOCC2)s1. The van der Waals surface area contributed by atoms with Gasteiger partial charge in [-0.15, -0.1) is 11.3 Å². The molecule has 0 unspecified atom stereocenters. The first-order valence-electron chi connectivity index (χ1n) is 9.72. The van der Waals surface area contributed by atoms with Gasteiger partial charge in [0.25, 0.3) is 10.0 Å². The van der Waals surface area contributed by atoms with Crippen molar-refractivity contribution in [3.05, 3.63) is 63.8 Å². The van der Waals surface area contributed by atoms with Gasteiger partial charge < -0.3 is 9.84 Å². The fraction of sp³-hybridized carbons (Fsp3) is 0.238. The maximum atomic E-state index is 12.9. The third-order valence-electron chi connectivity index (χ3n) is 4.98. The Kier molecular flexibility index (Phi) is 6.50. The van der Waals surface area contributed by atoms with Gasteiger partial charge >= 0.3 is 5.97 Å². The van der Waals surface area contributed by atoms with Crippen LogP contribution in [0.1, 0.15) is 16.1 Å². The van der Waals surface area contributed by atoms with E-state index in [4.69, 9.17) is 16.3 Å². The van der Waals surface area contributed by atoms with Gasteiger partial charge in [-0.3, -0.25) is 0 Å². The maximum Gasteiger partial charge on any atom is 0.337 e. The minimum Gasteiger partial charge on any atom is -0.478 e. The smallest absolute Gasteiger partial charge is 0.337 e. The van der Waals surface area contributed by atoms with Crippen LogP contribution < -0.4 is 0 Å². The molecule has 0 bridgehead atoms. The predicted molar refractivity (Wildman–Crippen MR) is 123 cm³/mol. The molecular formula is C21H20ClN3O5S2. The quantitative estimate of drug-likeness (QED) is 0.527. The van der Waals surface area contributed by atoms with Gasteiger partial charge in [-0.25, -0.2) is 17.9 Å². The highest BCUT2D eigenvalue weighted by atomic mass is 35.5. The highest BCUT2D eigenvalue weighted by Crippen LogP contribution is 2.33. The molecule has 168 valence electrons. The van der Waals surface area contributed by atoms with E-state index >= 15 is 0 Å². The summed E-state index contributed by atoms with van der Waals surface area (Å²) in [6, 6.07) is 12.2. The molecule has 1 N–H and O–H groups in total. The monoisotopic (exact) mass is 493 g/mol. The average Bonchev–Trinajstić information content (AvgIpc) is 3.39. The summed E-state index contributed by atoms with van der Waals surface area (Å²) in [6.45, 7) is 2.94. The van der Waals surface area contributed by atoms with Crippen molar-refractivity contribution in [2.24, 2.45) is 0 Å². The highest BCUT2D eigenvalue weighted by Gasteiger charge is 2.29. The second-order valence-corrected chi connectivity index (χ2v) is 10.6. The Morgan fingerprint density at radius 2 is 1.88 bits per heavy atom. The van der Waals surface area contributed by atoms with Gasteiger partial charge in [0.1, 0.15) is 9.36 Å². The van der Waals surface area contributed by atoms with Crippen LogP contribution in [-0.4, -0.2) is 59.9 Å². The second kappa shape index (κ2) is 9.16. The van der Waals surface area contributed by atoms with Crippen LogP contribution in [0, 0.1) is 6.92 Å². The standard InChI is InChI=1S/C21H20ClN3O5S2/c1-14-16(20(22)25(23-14)15-5-3-2-4-6-15)13-17(21(26)27)18-7-8-19(31-18)32(28,29)24-9-11-30-12-10-24/h2-8,13H,9-12H2,1H3,(H,26,27)/b17-13-. The molecule has 1 aliphatic heterocycles. The summed E-state index contributed by atoms with van der Waals surface area (Å²) in [5.41, 5.74) is 1.69. The predicted octanol–water partition coefficient (Wildman–Crippen LogP) is 3.54. The summed E-state index contributed by atoms with van der Waals surface area (Å²) < 4.78 is 34.0. The zero-order valence-corrected chi connectivity index (χ0v) is 19.5. The number of sulfonamides is 1. The highest BCUT2D eigenvalue weighted by molar-refractivity contribution is 7.91. The molecule has 3 heterocycles. The number of morpholine rings is 1. The lowest BCUT2D eigenvalue weighted by molar-refractivity contribution is -0.130. The van der Waals surface area contributed by atoms with Crippen molar-refractivity contribution in [2.45, 2.75) is 11.1 Å². The number of aliphatic carboxylic acids is 1. The first-order valence-corrected chi connectivity index (χ1v) is 12.4. The van der Waals surface area contributed by atoms with Crippen LogP contribution in [0.25, 0.3) is 17.3 Å². The van der Waals surface area contributed by atoms with Crippen LogP contribution in [0.3, 0.4) is 0 Å². The van der Waals surface area contributed by atoms with Crippen molar-refractivity contribution in [3.8, 4) is 5.69 Å². The van der Waals surface area contributed by atoms with E-state index in [0.717, 1.165) is 17.0 Å². The van der Waals surface area contributed by atoms with Crippen molar-refractivity contribution in [1.82, 2.24) is 14.1 Å². The molecule has 32 heavy (non-hydrogen) atoms. The van der Waals surface area contributed by atoms with E-state index in [0.29, 0.717) is 29.3 Å². The molecule has 0 saturated carbocycles. The molecule has 0 atom stereocenters. The first kappa shape index (κ1) is 22.7. The summed E-state index contributed by atoms with van der Waals surface area (Å²) in [5, 5.41) is 14.5. The van der Waals surface area contributed by atoms with Crippen molar-refractivity contribution < 1.29 is 23.1 Å². The summed E-state index contributed by atoms with van der Waals surface area (Å²) >= 11 is 7.45. The Hall–Kier alpha value is -2.50. The molecule has 1 fully saturated rings. The number of halogens is 1. The number of carboxylic acid groups (broad SMARTS) is 1. The number of thiophene rings is 1. The Morgan fingerprint density at radius 3 is 2.53 bits per heavy atom. The van der Waals surface area contributed by atoms with E-state index in [9.17, 15) is 18.3 Å². The van der Waals surface area contributed by atoms with E-state index in [-0.39, 0.29) is 28.0 Å². The molecule has 11 heteroatoms. The minimum absolute atomic E-state index is 0.0592. The number of aromatic nitrogens is 2. The molecule has 4 rings (SSSR count). The van der Waals surface area contributed by atoms with Gasteiger partial charge in [0, 0.05) is 23.5 Å². The van der Waals surface area contributed by atoms with Crippen molar-refractivity contribution >= 4 is 50.6 Å². The Labute approximate surface area is 194 Å². The van der Waals surface area contributed by atoms with Crippen LogP contribution in [0.5, 0.6) is 0 Å². The third-order valence-corrected chi connectivity index (χ3v) is 8.83. The lowest BCUT2D eigenvalue weighted by Gasteiger charge is -2.25.